The first-order valence-electron chi connectivity index (χ1n) is 6.27. The number of nitrogens with two attached hydrogens (primary N) is 1. The molecule has 18 heavy (non-hydrogen) atoms. The minimum atomic E-state index is 0.251. The van der Waals surface area contributed by atoms with E-state index < -0.39 is 0 Å². The molecule has 0 bridgehead atoms. The van der Waals surface area contributed by atoms with Crippen LogP contribution in [-0.2, 0) is 0 Å². The predicted molar refractivity (Wildman–Crippen MR) is 85.5 cm³/mol. The molecule has 2 nitrogen and oxygen atoms in total. The molecule has 1 aromatic heterocycles. The Bertz CT molecular complexity index is 360. The van der Waals surface area contributed by atoms with Gasteiger partial charge in [0.15, 0.2) is 0 Å². The third-order valence-electron chi connectivity index (χ3n) is 2.86. The molecule has 1 rings (SSSR count). The lowest BCUT2D eigenvalue weighted by Gasteiger charge is -2.35. The Balaban J connectivity index is 2.97. The van der Waals surface area contributed by atoms with Crippen molar-refractivity contribution in [2.45, 2.75) is 39.8 Å². The quantitative estimate of drug-likeness (QED) is 0.814. The Morgan fingerprint density at radius 3 is 2.33 bits per heavy atom. The van der Waals surface area contributed by atoms with E-state index in [1.165, 1.54) is 4.88 Å². The zero-order valence-electron chi connectivity index (χ0n) is 11.4. The second-order valence-electron chi connectivity index (χ2n) is 5.21. The van der Waals surface area contributed by atoms with Crippen LogP contribution < -0.4 is 5.73 Å². The van der Waals surface area contributed by atoms with Crippen molar-refractivity contribution >= 4 is 38.9 Å². The van der Waals surface area contributed by atoms with Crippen molar-refractivity contribution in [1.82, 2.24) is 4.90 Å². The average molecular weight is 354 g/mol. The standard InChI is InChI=1S/C13H22BrClN2S/c1-8(2)7-17(9(3)4)11(6-16)12-5-10(14)13(15)18-12/h5,8-9,11H,6-7,16H2,1-4H3. The zero-order valence-corrected chi connectivity index (χ0v) is 14.6. The molecule has 1 heterocycles. The van der Waals surface area contributed by atoms with Crippen LogP contribution in [0.1, 0.15) is 38.6 Å². The Morgan fingerprint density at radius 1 is 1.39 bits per heavy atom. The van der Waals surface area contributed by atoms with Crippen molar-refractivity contribution in [2.24, 2.45) is 11.7 Å². The summed E-state index contributed by atoms with van der Waals surface area (Å²) in [4.78, 5) is 3.70. The first-order chi connectivity index (χ1) is 8.36. The molecular formula is C13H22BrClN2S. The second kappa shape index (κ2) is 7.25. The maximum absolute atomic E-state index is 6.13. The topological polar surface area (TPSA) is 29.3 Å². The molecule has 1 atom stereocenters. The first kappa shape index (κ1) is 16.4. The van der Waals surface area contributed by atoms with Gasteiger partial charge in [0.1, 0.15) is 4.34 Å². The van der Waals surface area contributed by atoms with Gasteiger partial charge in [-0.25, -0.2) is 0 Å². The van der Waals surface area contributed by atoms with Gasteiger partial charge >= 0.3 is 0 Å². The molecule has 0 fully saturated rings. The van der Waals surface area contributed by atoms with Crippen LogP contribution >= 0.6 is 38.9 Å². The van der Waals surface area contributed by atoms with E-state index in [0.29, 0.717) is 18.5 Å². The fraction of sp³-hybridized carbons (Fsp3) is 0.692. The highest BCUT2D eigenvalue weighted by molar-refractivity contribution is 9.10. The van der Waals surface area contributed by atoms with E-state index in [4.69, 9.17) is 17.3 Å². The van der Waals surface area contributed by atoms with Gasteiger partial charge in [0.05, 0.1) is 6.04 Å². The number of halogens is 2. The van der Waals surface area contributed by atoms with Gasteiger partial charge in [-0.3, -0.25) is 4.90 Å². The molecule has 2 N–H and O–H groups in total. The normalized spacial score (nSPS) is 13.9. The minimum absolute atomic E-state index is 0.251. The third kappa shape index (κ3) is 4.20. The fourth-order valence-corrected chi connectivity index (χ4v) is 3.93. The van der Waals surface area contributed by atoms with E-state index in [1.54, 1.807) is 11.3 Å². The molecule has 104 valence electrons. The van der Waals surface area contributed by atoms with Gasteiger partial charge in [0.2, 0.25) is 0 Å². The van der Waals surface area contributed by atoms with Crippen LogP contribution in [0.5, 0.6) is 0 Å². The average Bonchev–Trinajstić information content (AvgIpc) is 2.58. The summed E-state index contributed by atoms with van der Waals surface area (Å²) in [5.74, 6) is 0.625. The van der Waals surface area contributed by atoms with Crippen LogP contribution in [0.4, 0.5) is 0 Å². The smallest absolute Gasteiger partial charge is 0.107 e. The molecule has 0 aromatic carbocycles. The third-order valence-corrected chi connectivity index (χ3v) is 5.43. The highest BCUT2D eigenvalue weighted by Crippen LogP contribution is 2.37. The maximum Gasteiger partial charge on any atom is 0.107 e. The Hall–Kier alpha value is 0.390. The largest absolute Gasteiger partial charge is 0.329 e. The molecule has 0 aliphatic heterocycles. The Morgan fingerprint density at radius 2 is 2.00 bits per heavy atom. The van der Waals surface area contributed by atoms with Crippen molar-refractivity contribution < 1.29 is 0 Å². The molecule has 0 aliphatic carbocycles. The molecule has 0 spiro atoms. The number of hydrogen-bond donors (Lipinski definition) is 1. The summed E-state index contributed by atoms with van der Waals surface area (Å²) in [7, 11) is 0. The minimum Gasteiger partial charge on any atom is -0.329 e. The molecule has 5 heteroatoms. The van der Waals surface area contributed by atoms with Crippen LogP contribution in [0.25, 0.3) is 0 Å². The summed E-state index contributed by atoms with van der Waals surface area (Å²) in [5, 5.41) is 0. The molecule has 0 aliphatic rings. The van der Waals surface area contributed by atoms with Crippen molar-refractivity contribution in [2.75, 3.05) is 13.1 Å². The van der Waals surface area contributed by atoms with Crippen LogP contribution in [0.15, 0.2) is 10.5 Å². The van der Waals surface area contributed by atoms with Crippen molar-refractivity contribution in [3.8, 4) is 0 Å². The SMILES string of the molecule is CC(C)CN(C(C)C)C(CN)c1cc(Br)c(Cl)s1. The summed E-state index contributed by atoms with van der Waals surface area (Å²) < 4.78 is 1.77. The van der Waals surface area contributed by atoms with Crippen molar-refractivity contribution in [3.05, 3.63) is 19.8 Å². The Kier molecular flexibility index (Phi) is 6.62. The van der Waals surface area contributed by atoms with Crippen LogP contribution in [-0.4, -0.2) is 24.0 Å². The Labute approximate surface area is 128 Å². The molecule has 0 saturated carbocycles. The van der Waals surface area contributed by atoms with E-state index in [0.717, 1.165) is 15.4 Å². The monoisotopic (exact) mass is 352 g/mol. The van der Waals surface area contributed by atoms with E-state index in [1.807, 2.05) is 0 Å². The van der Waals surface area contributed by atoms with Gasteiger partial charge in [0, 0.05) is 28.5 Å². The molecule has 0 saturated heterocycles. The molecule has 0 radical (unpaired) electrons. The molecule has 1 aromatic rings. The van der Waals surface area contributed by atoms with Crippen molar-refractivity contribution in [3.63, 3.8) is 0 Å². The lowest BCUT2D eigenvalue weighted by Crippen LogP contribution is -2.40. The second-order valence-corrected chi connectivity index (χ2v) is 7.75. The summed E-state index contributed by atoms with van der Waals surface area (Å²) in [5.41, 5.74) is 5.99. The van der Waals surface area contributed by atoms with Gasteiger partial charge in [-0.15, -0.1) is 11.3 Å². The van der Waals surface area contributed by atoms with Gasteiger partial charge in [-0.1, -0.05) is 25.4 Å². The number of hydrogen-bond acceptors (Lipinski definition) is 3. The van der Waals surface area contributed by atoms with Crippen LogP contribution in [0.3, 0.4) is 0 Å². The van der Waals surface area contributed by atoms with Crippen LogP contribution in [0, 0.1) is 5.92 Å². The number of thiophene rings is 1. The molecular weight excluding hydrogens is 332 g/mol. The summed E-state index contributed by atoms with van der Waals surface area (Å²) in [6.07, 6.45) is 0. The van der Waals surface area contributed by atoms with E-state index in [9.17, 15) is 0 Å². The maximum atomic E-state index is 6.13. The summed E-state index contributed by atoms with van der Waals surface area (Å²) >= 11 is 11.2. The number of rotatable bonds is 6. The van der Waals surface area contributed by atoms with Gasteiger partial charge in [-0.2, -0.15) is 0 Å². The first-order valence-corrected chi connectivity index (χ1v) is 8.26. The van der Waals surface area contributed by atoms with Crippen LogP contribution in [0.2, 0.25) is 4.34 Å². The van der Waals surface area contributed by atoms with Crippen molar-refractivity contribution in [1.29, 1.82) is 0 Å². The predicted octanol–water partition coefficient (Wildman–Crippen LogP) is 4.53. The van der Waals surface area contributed by atoms with E-state index in [2.05, 4.69) is 54.6 Å². The summed E-state index contributed by atoms with van der Waals surface area (Å²) in [6, 6.07) is 2.82. The molecule has 0 amide bonds. The van der Waals surface area contributed by atoms with Gasteiger partial charge in [-0.05, 0) is 41.8 Å². The van der Waals surface area contributed by atoms with Gasteiger partial charge < -0.3 is 5.73 Å². The lowest BCUT2D eigenvalue weighted by molar-refractivity contribution is 0.140. The fourth-order valence-electron chi connectivity index (χ4n) is 2.06. The number of nitrogens with zero attached hydrogens (tertiary/aromatic N) is 1. The molecule has 1 unspecified atom stereocenters. The van der Waals surface area contributed by atoms with E-state index >= 15 is 0 Å². The summed E-state index contributed by atoms with van der Waals surface area (Å²) in [6.45, 7) is 10.6. The van der Waals surface area contributed by atoms with Gasteiger partial charge in [0.25, 0.3) is 0 Å². The lowest BCUT2D eigenvalue weighted by atomic mass is 10.1. The van der Waals surface area contributed by atoms with E-state index in [-0.39, 0.29) is 6.04 Å². The zero-order chi connectivity index (χ0) is 13.9. The highest BCUT2D eigenvalue weighted by atomic mass is 79.9. The highest BCUT2D eigenvalue weighted by Gasteiger charge is 2.24.